The Balaban J connectivity index is 1.27. The highest BCUT2D eigenvalue weighted by atomic mass is 35.5. The van der Waals surface area contributed by atoms with Gasteiger partial charge in [0.15, 0.2) is 0 Å². The summed E-state index contributed by atoms with van der Waals surface area (Å²) in [5.41, 5.74) is 7.25. The lowest BCUT2D eigenvalue weighted by molar-refractivity contribution is 0.0974. The molecule has 0 amide bonds. The molecular weight excluding hydrogens is 458 g/mol. The van der Waals surface area contributed by atoms with Crippen molar-refractivity contribution in [1.29, 1.82) is 5.26 Å². The number of nitrogens with two attached hydrogens (primary N) is 1. The van der Waals surface area contributed by atoms with Gasteiger partial charge in [-0.3, -0.25) is 0 Å². The van der Waals surface area contributed by atoms with Gasteiger partial charge in [0.05, 0.1) is 30.1 Å². The molecule has 2 fully saturated rings. The van der Waals surface area contributed by atoms with Crippen molar-refractivity contribution in [2.75, 3.05) is 24.6 Å². The van der Waals surface area contributed by atoms with Crippen LogP contribution in [0.15, 0.2) is 57.1 Å². The summed E-state index contributed by atoms with van der Waals surface area (Å²) in [6.45, 7) is 4.60. The lowest BCUT2D eigenvalue weighted by Gasteiger charge is -2.41. The largest absolute Gasteiger partial charge is 0.446 e. The van der Waals surface area contributed by atoms with E-state index in [0.717, 1.165) is 53.8 Å². The molecule has 3 aromatic rings. The van der Waals surface area contributed by atoms with Gasteiger partial charge in [0.1, 0.15) is 22.7 Å². The highest BCUT2D eigenvalue weighted by Crippen LogP contribution is 2.42. The van der Waals surface area contributed by atoms with E-state index in [1.165, 1.54) is 11.8 Å². The number of aromatic nitrogens is 2. The maximum Gasteiger partial charge on any atom is 0.204 e. The number of piperidine rings is 1. The molecular formula is C24H24ClN5O2S. The number of anilines is 1. The quantitative estimate of drug-likeness (QED) is 0.569. The number of nitriles is 1. The molecule has 0 unspecified atom stereocenters. The summed E-state index contributed by atoms with van der Waals surface area (Å²) in [7, 11) is 0. The molecule has 2 saturated heterocycles. The van der Waals surface area contributed by atoms with E-state index < -0.39 is 0 Å². The number of hydrogen-bond donors (Lipinski definition) is 1. The third kappa shape index (κ3) is 4.22. The van der Waals surface area contributed by atoms with Crippen LogP contribution in [0.3, 0.4) is 0 Å². The van der Waals surface area contributed by atoms with E-state index in [2.05, 4.69) is 21.8 Å². The summed E-state index contributed by atoms with van der Waals surface area (Å²) in [6.07, 6.45) is 5.72. The van der Waals surface area contributed by atoms with Crippen LogP contribution in [0.1, 0.15) is 25.5 Å². The minimum atomic E-state index is 0.0862. The van der Waals surface area contributed by atoms with Crippen molar-refractivity contribution in [3.63, 3.8) is 0 Å². The van der Waals surface area contributed by atoms with Crippen LogP contribution in [-0.4, -0.2) is 41.8 Å². The van der Waals surface area contributed by atoms with E-state index in [-0.39, 0.29) is 23.3 Å². The van der Waals surface area contributed by atoms with Crippen LogP contribution in [0.4, 0.5) is 5.82 Å². The van der Waals surface area contributed by atoms with Crippen LogP contribution >= 0.6 is 23.4 Å². The molecule has 33 heavy (non-hydrogen) atoms. The first-order chi connectivity index (χ1) is 16.0. The third-order valence-electron chi connectivity index (χ3n) is 6.70. The van der Waals surface area contributed by atoms with Gasteiger partial charge in [-0.25, -0.2) is 9.97 Å². The van der Waals surface area contributed by atoms with E-state index in [0.29, 0.717) is 10.8 Å². The fourth-order valence-electron chi connectivity index (χ4n) is 4.61. The Kier molecular flexibility index (Phi) is 6.06. The zero-order valence-electron chi connectivity index (χ0n) is 18.2. The van der Waals surface area contributed by atoms with Crippen LogP contribution in [0.25, 0.3) is 11.3 Å². The molecule has 0 aliphatic carbocycles. The Morgan fingerprint density at radius 3 is 2.67 bits per heavy atom. The van der Waals surface area contributed by atoms with E-state index in [1.54, 1.807) is 18.3 Å². The fraction of sp³-hybridized carbons (Fsp3) is 0.375. The molecule has 2 aliphatic heterocycles. The SMILES string of the molecule is C[C@@H]1OCC2(CCN(c3cnc(Sc4cccc(-c5ccc(C#N)o5)c4Cl)cn3)CC2)[C@@H]1N. The first-order valence-electron chi connectivity index (χ1n) is 10.9. The Morgan fingerprint density at radius 2 is 2.03 bits per heavy atom. The highest BCUT2D eigenvalue weighted by molar-refractivity contribution is 7.99. The second-order valence-electron chi connectivity index (χ2n) is 8.60. The summed E-state index contributed by atoms with van der Waals surface area (Å²) in [5.74, 6) is 1.68. The average Bonchev–Trinajstić information content (AvgIpc) is 3.43. The molecule has 4 heterocycles. The third-order valence-corrected chi connectivity index (χ3v) is 8.20. The zero-order chi connectivity index (χ0) is 23.0. The maximum atomic E-state index is 9.00. The molecule has 1 aromatic carbocycles. The number of nitrogens with zero attached hydrogens (tertiary/aromatic N) is 4. The predicted octanol–water partition coefficient (Wildman–Crippen LogP) is 4.75. The first kappa shape index (κ1) is 22.2. The van der Waals surface area contributed by atoms with Gasteiger partial charge in [0.25, 0.3) is 0 Å². The first-order valence-corrected chi connectivity index (χ1v) is 12.1. The van der Waals surface area contributed by atoms with Crippen LogP contribution in [0, 0.1) is 16.7 Å². The van der Waals surface area contributed by atoms with Gasteiger partial charge >= 0.3 is 0 Å². The van der Waals surface area contributed by atoms with Crippen LogP contribution in [-0.2, 0) is 4.74 Å². The lowest BCUT2D eigenvalue weighted by atomic mass is 9.73. The minimum Gasteiger partial charge on any atom is -0.446 e. The molecule has 5 rings (SSSR count). The van der Waals surface area contributed by atoms with E-state index in [1.807, 2.05) is 30.5 Å². The van der Waals surface area contributed by atoms with E-state index >= 15 is 0 Å². The van der Waals surface area contributed by atoms with Crippen LogP contribution in [0.5, 0.6) is 0 Å². The number of rotatable bonds is 4. The molecule has 2 N–H and O–H groups in total. The Bertz CT molecular complexity index is 1180. The van der Waals surface area contributed by atoms with Gasteiger partial charge in [-0.1, -0.05) is 29.4 Å². The van der Waals surface area contributed by atoms with Gasteiger partial charge in [-0.05, 0) is 44.0 Å². The van der Waals surface area contributed by atoms with Gasteiger partial charge in [-0.15, -0.1) is 0 Å². The Morgan fingerprint density at radius 1 is 1.21 bits per heavy atom. The Hall–Kier alpha value is -2.57. The fourth-order valence-corrected chi connectivity index (χ4v) is 5.73. The number of benzene rings is 1. The van der Waals surface area contributed by atoms with E-state index in [4.69, 9.17) is 31.8 Å². The van der Waals surface area contributed by atoms with Gasteiger partial charge in [0, 0.05) is 35.0 Å². The van der Waals surface area contributed by atoms with Crippen molar-refractivity contribution in [1.82, 2.24) is 9.97 Å². The standard InChI is InChI=1S/C24H24ClN5O2S/c1-15-23(27)24(14-31-15)7-9-30(10-8-24)20-12-29-21(13-28-20)33-19-4-2-3-17(22(19)25)18-6-5-16(11-26)32-18/h2-6,12-13,15,23H,7-10,14,27H2,1H3/t15-,23+/m0/s1. The van der Waals surface area contributed by atoms with Gasteiger partial charge in [-0.2, -0.15) is 5.26 Å². The average molecular weight is 482 g/mol. The summed E-state index contributed by atoms with van der Waals surface area (Å²) < 4.78 is 11.4. The predicted molar refractivity (Wildman–Crippen MR) is 127 cm³/mol. The molecule has 2 aliphatic rings. The number of ether oxygens (including phenoxy) is 1. The summed E-state index contributed by atoms with van der Waals surface area (Å²) in [5, 5.41) is 10.3. The topological polar surface area (TPSA) is 101 Å². The van der Waals surface area contributed by atoms with Gasteiger partial charge < -0.3 is 19.8 Å². The monoisotopic (exact) mass is 481 g/mol. The summed E-state index contributed by atoms with van der Waals surface area (Å²) in [4.78, 5) is 12.4. The molecule has 1 spiro atoms. The minimum absolute atomic E-state index is 0.0862. The smallest absolute Gasteiger partial charge is 0.204 e. The molecule has 170 valence electrons. The zero-order valence-corrected chi connectivity index (χ0v) is 19.8. The normalized spacial score (nSPS) is 21.9. The van der Waals surface area contributed by atoms with Crippen molar-refractivity contribution >= 4 is 29.2 Å². The highest BCUT2D eigenvalue weighted by Gasteiger charge is 2.47. The number of hydrogen-bond acceptors (Lipinski definition) is 8. The molecule has 2 atom stereocenters. The molecule has 0 saturated carbocycles. The van der Waals surface area contributed by atoms with Crippen LogP contribution < -0.4 is 10.6 Å². The van der Waals surface area contributed by atoms with Crippen molar-refractivity contribution in [3.05, 3.63) is 53.5 Å². The van der Waals surface area contributed by atoms with E-state index in [9.17, 15) is 0 Å². The molecule has 0 bridgehead atoms. The lowest BCUT2D eigenvalue weighted by Crippen LogP contribution is -2.50. The summed E-state index contributed by atoms with van der Waals surface area (Å²) in [6, 6.07) is 11.2. The van der Waals surface area contributed by atoms with Crippen molar-refractivity contribution < 1.29 is 9.15 Å². The second kappa shape index (κ2) is 8.99. The summed E-state index contributed by atoms with van der Waals surface area (Å²) >= 11 is 8.08. The molecule has 0 radical (unpaired) electrons. The van der Waals surface area contributed by atoms with Crippen molar-refractivity contribution in [2.45, 2.75) is 41.8 Å². The molecule has 9 heteroatoms. The van der Waals surface area contributed by atoms with Gasteiger partial charge in [0.2, 0.25) is 5.76 Å². The van der Waals surface area contributed by atoms with Crippen molar-refractivity contribution in [2.24, 2.45) is 11.1 Å². The Labute approximate surface area is 201 Å². The van der Waals surface area contributed by atoms with Crippen LogP contribution in [0.2, 0.25) is 5.02 Å². The molecule has 2 aromatic heterocycles. The van der Waals surface area contributed by atoms with Crippen molar-refractivity contribution in [3.8, 4) is 17.4 Å². The maximum absolute atomic E-state index is 9.00. The number of furan rings is 1. The molecule has 7 nitrogen and oxygen atoms in total. The number of halogens is 1. The second-order valence-corrected chi connectivity index (χ2v) is 10.0.